The van der Waals surface area contributed by atoms with E-state index >= 15 is 0 Å². The minimum atomic E-state index is -1.51. The largest absolute Gasteiger partial charge is 0.394 e. The second-order valence-electron chi connectivity index (χ2n) is 10.7. The monoisotopic (exact) mass is 510 g/mol. The summed E-state index contributed by atoms with van der Waals surface area (Å²) in [6.45, 7) is 3.00. The smallest absolute Gasteiger partial charge is 0.188 e. The molecule has 4 fully saturated rings. The van der Waals surface area contributed by atoms with Crippen LogP contribution in [0.1, 0.15) is 37.6 Å². The van der Waals surface area contributed by atoms with Gasteiger partial charge in [-0.1, -0.05) is 30.4 Å². The Balaban J connectivity index is 1.41. The van der Waals surface area contributed by atoms with E-state index in [2.05, 4.69) is 22.0 Å². The van der Waals surface area contributed by atoms with Gasteiger partial charge in [0.1, 0.15) is 30.6 Å². The number of nitrogens with zero attached hydrogens (tertiary/aromatic N) is 1. The molecule has 4 saturated heterocycles. The van der Waals surface area contributed by atoms with E-state index in [-0.39, 0.29) is 29.7 Å². The summed E-state index contributed by atoms with van der Waals surface area (Å²) in [6.07, 6.45) is 0.0923. The lowest BCUT2D eigenvalue weighted by Gasteiger charge is -2.61. The van der Waals surface area contributed by atoms with Crippen molar-refractivity contribution in [2.45, 2.75) is 75.7 Å². The van der Waals surface area contributed by atoms with E-state index in [4.69, 9.17) is 9.47 Å². The predicted octanol–water partition coefficient (Wildman–Crippen LogP) is 1.32. The number of nitrogens with one attached hydrogen (secondary N) is 1. The van der Waals surface area contributed by atoms with Crippen LogP contribution in [0.5, 0.6) is 0 Å². The van der Waals surface area contributed by atoms with Gasteiger partial charge in [0, 0.05) is 22.6 Å². The highest BCUT2D eigenvalue weighted by molar-refractivity contribution is 5.87. The molecular weight excluding hydrogens is 476 g/mol. The third-order valence-electron chi connectivity index (χ3n) is 8.70. The Kier molecular flexibility index (Phi) is 6.35. The molecule has 0 saturated carbocycles. The molecule has 0 amide bonds. The average molecular weight is 511 g/mol. The minimum absolute atomic E-state index is 0.00716. The Morgan fingerprint density at radius 2 is 2.00 bits per heavy atom. The van der Waals surface area contributed by atoms with Crippen LogP contribution in [-0.2, 0) is 20.7 Å². The zero-order chi connectivity index (χ0) is 26.0. The first-order valence-electron chi connectivity index (χ1n) is 13.0. The van der Waals surface area contributed by atoms with Crippen molar-refractivity contribution in [3.05, 3.63) is 59.3 Å². The molecule has 9 nitrogen and oxygen atoms in total. The first-order chi connectivity index (χ1) is 17.8. The van der Waals surface area contributed by atoms with E-state index in [1.54, 1.807) is 13.0 Å². The van der Waals surface area contributed by atoms with Gasteiger partial charge < -0.3 is 34.9 Å². The number of allylic oxidation sites excluding steroid dienone is 2. The average Bonchev–Trinajstić information content (AvgIpc) is 3.27. The van der Waals surface area contributed by atoms with Crippen LogP contribution < -0.4 is 0 Å². The maximum atomic E-state index is 11.9. The lowest BCUT2D eigenvalue weighted by atomic mass is 9.63. The highest BCUT2D eigenvalue weighted by Crippen LogP contribution is 2.57. The highest BCUT2D eigenvalue weighted by Gasteiger charge is 2.58. The molecule has 2 aromatic rings. The standard InChI is InChI=1S/C28H34N2O7/c1-3-14-17-10-21-23-18(15-6-4-5-7-19(15)29-23)11-20(16(17)9-8-13(2)32)30(21)27(14)37-28-26(35)25(34)24(33)22(12-31)36-28/h3-9,16-17,20-22,24-29,31,33-35H,10-12H2,1-2H3/b9-8+,14-3+/t16-,17?,20+,21+,22-,24-,25+,26-,27-,28+/m1/s1. The lowest BCUT2D eigenvalue weighted by Crippen LogP contribution is -2.67. The number of hydrogen-bond acceptors (Lipinski definition) is 8. The third kappa shape index (κ3) is 3.84. The molecule has 5 aliphatic rings. The molecule has 6 heterocycles. The van der Waals surface area contributed by atoms with Gasteiger partial charge in [0.05, 0.1) is 12.6 Å². The summed E-state index contributed by atoms with van der Waals surface area (Å²) >= 11 is 0. The van der Waals surface area contributed by atoms with Crippen LogP contribution in [0.3, 0.4) is 0 Å². The number of hydrogen-bond donors (Lipinski definition) is 5. The van der Waals surface area contributed by atoms with Crippen molar-refractivity contribution in [3.63, 3.8) is 0 Å². The van der Waals surface area contributed by atoms with Crippen molar-refractivity contribution in [2.24, 2.45) is 11.8 Å². The van der Waals surface area contributed by atoms with Gasteiger partial charge in [0.25, 0.3) is 0 Å². The van der Waals surface area contributed by atoms with Crippen molar-refractivity contribution in [3.8, 4) is 0 Å². The number of rotatable bonds is 5. The molecule has 5 N–H and O–H groups in total. The zero-order valence-corrected chi connectivity index (χ0v) is 20.9. The predicted molar refractivity (Wildman–Crippen MR) is 134 cm³/mol. The second-order valence-corrected chi connectivity index (χ2v) is 10.7. The fourth-order valence-electron chi connectivity index (χ4n) is 7.03. The molecule has 11 atom stereocenters. The number of carbonyl (C=O) groups excluding carboxylic acids is 1. The summed E-state index contributed by atoms with van der Waals surface area (Å²) in [6, 6.07) is 8.36. The van der Waals surface area contributed by atoms with Crippen molar-refractivity contribution >= 4 is 16.7 Å². The molecule has 5 aliphatic heterocycles. The summed E-state index contributed by atoms with van der Waals surface area (Å²) < 4.78 is 12.2. The third-order valence-corrected chi connectivity index (χ3v) is 8.70. The van der Waals surface area contributed by atoms with Crippen molar-refractivity contribution in [1.29, 1.82) is 0 Å². The van der Waals surface area contributed by atoms with Crippen LogP contribution in [0.25, 0.3) is 10.9 Å². The molecular formula is C28H34N2O7. The van der Waals surface area contributed by atoms with Gasteiger partial charge in [-0.2, -0.15) is 0 Å². The van der Waals surface area contributed by atoms with Gasteiger partial charge in [-0.3, -0.25) is 9.69 Å². The van der Waals surface area contributed by atoms with Crippen LogP contribution in [0, 0.1) is 11.8 Å². The normalized spacial score (nSPS) is 42.0. The molecule has 7 rings (SSSR count). The number of aromatic nitrogens is 1. The van der Waals surface area contributed by atoms with Gasteiger partial charge >= 0.3 is 0 Å². The van der Waals surface area contributed by atoms with Crippen molar-refractivity contribution in [2.75, 3.05) is 6.61 Å². The van der Waals surface area contributed by atoms with Crippen LogP contribution in [0.2, 0.25) is 0 Å². The van der Waals surface area contributed by atoms with E-state index in [1.165, 1.54) is 10.9 Å². The number of fused-ring (bicyclic) bond motifs is 4. The number of ketones is 1. The Bertz CT molecular complexity index is 1250. The topological polar surface area (TPSA) is 135 Å². The van der Waals surface area contributed by atoms with E-state index in [0.29, 0.717) is 0 Å². The molecule has 2 unspecified atom stereocenters. The number of piperidine rings is 3. The molecule has 0 aliphatic carbocycles. The number of aliphatic hydroxyl groups excluding tert-OH is 4. The van der Waals surface area contributed by atoms with Crippen molar-refractivity contribution < 1.29 is 34.7 Å². The van der Waals surface area contributed by atoms with E-state index < -0.39 is 43.5 Å². The number of ether oxygens (including phenoxy) is 2. The van der Waals surface area contributed by atoms with E-state index in [0.717, 1.165) is 29.6 Å². The number of para-hydroxylation sites is 1. The quantitative estimate of drug-likeness (QED) is 0.300. The Hall–Kier alpha value is -2.37. The molecule has 1 aromatic carbocycles. The second kappa shape index (κ2) is 9.43. The maximum Gasteiger partial charge on any atom is 0.188 e. The Labute approximate surface area is 215 Å². The van der Waals surface area contributed by atoms with E-state index in [9.17, 15) is 25.2 Å². The number of aromatic amines is 1. The van der Waals surface area contributed by atoms with Crippen molar-refractivity contribution in [1.82, 2.24) is 9.88 Å². The molecule has 37 heavy (non-hydrogen) atoms. The summed E-state index contributed by atoms with van der Waals surface area (Å²) in [4.78, 5) is 17.8. The number of carbonyl (C=O) groups is 1. The Morgan fingerprint density at radius 3 is 2.73 bits per heavy atom. The summed E-state index contributed by atoms with van der Waals surface area (Å²) in [5, 5.41) is 42.1. The molecule has 0 spiro atoms. The maximum absolute atomic E-state index is 11.9. The van der Waals surface area contributed by atoms with Crippen LogP contribution in [-0.4, -0.2) is 85.7 Å². The highest BCUT2D eigenvalue weighted by atomic mass is 16.7. The van der Waals surface area contributed by atoms with Gasteiger partial charge in [0.2, 0.25) is 0 Å². The van der Waals surface area contributed by atoms with Gasteiger partial charge in [-0.05, 0) is 61.8 Å². The first-order valence-corrected chi connectivity index (χ1v) is 13.0. The number of benzene rings is 1. The molecule has 4 bridgehead atoms. The molecule has 9 heteroatoms. The summed E-state index contributed by atoms with van der Waals surface area (Å²) in [5.41, 5.74) is 4.57. The fourth-order valence-corrected chi connectivity index (χ4v) is 7.03. The van der Waals surface area contributed by atoms with Gasteiger partial charge in [-0.25, -0.2) is 0 Å². The first kappa shape index (κ1) is 24.9. The molecule has 198 valence electrons. The fraction of sp³-hybridized carbons (Fsp3) is 0.536. The molecule has 0 radical (unpaired) electrons. The molecule has 1 aromatic heterocycles. The SMILES string of the molecule is C/C=C1\C2C[C@H]3c4[nH]c5ccccc5c4C[C@@H]([C@@H]2/C=C/C(C)=O)N3[C@@H]1O[C@@H]1O[C@H](CO)[C@@H](O)[C@H](O)[C@H]1O. The van der Waals surface area contributed by atoms with Crippen LogP contribution in [0.4, 0.5) is 0 Å². The van der Waals surface area contributed by atoms with E-state index in [1.807, 2.05) is 31.2 Å². The van der Waals surface area contributed by atoms with Crippen LogP contribution in [0.15, 0.2) is 48.1 Å². The number of aliphatic hydroxyl groups is 4. The zero-order valence-electron chi connectivity index (χ0n) is 20.9. The Morgan fingerprint density at radius 1 is 1.22 bits per heavy atom. The minimum Gasteiger partial charge on any atom is -0.394 e. The van der Waals surface area contributed by atoms with Gasteiger partial charge in [0.15, 0.2) is 12.1 Å². The summed E-state index contributed by atoms with van der Waals surface area (Å²) in [5.74, 6) is 0.214. The van der Waals surface area contributed by atoms with Gasteiger partial charge in [-0.15, -0.1) is 0 Å². The number of H-pyrrole nitrogens is 1. The van der Waals surface area contributed by atoms with Crippen LogP contribution >= 0.6 is 0 Å². The lowest BCUT2D eigenvalue weighted by molar-refractivity contribution is -0.330. The summed E-state index contributed by atoms with van der Waals surface area (Å²) in [7, 11) is 0.